The van der Waals surface area contributed by atoms with Crippen molar-refractivity contribution in [1.29, 1.82) is 0 Å². The van der Waals surface area contributed by atoms with Gasteiger partial charge in [-0.1, -0.05) is 84.9 Å². The van der Waals surface area contributed by atoms with Gasteiger partial charge < -0.3 is 0 Å². The SMILES string of the molecule is C1=CC2[Se]C2C2[Se]C12.c1ccc2ccccc2c1.c1ccccc1. The molecule has 3 aromatic rings. The molecule has 0 spiro atoms. The van der Waals surface area contributed by atoms with Crippen LogP contribution in [0.25, 0.3) is 10.8 Å². The van der Waals surface area contributed by atoms with Gasteiger partial charge in [-0.3, -0.25) is 0 Å². The van der Waals surface area contributed by atoms with Gasteiger partial charge in [0, 0.05) is 0 Å². The molecule has 24 heavy (non-hydrogen) atoms. The van der Waals surface area contributed by atoms with Crippen molar-refractivity contribution in [2.75, 3.05) is 0 Å². The minimum Gasteiger partial charge on any atom is -0.0623 e. The Morgan fingerprint density at radius 3 is 1.12 bits per heavy atom. The van der Waals surface area contributed by atoms with Gasteiger partial charge in [0.15, 0.2) is 0 Å². The summed E-state index contributed by atoms with van der Waals surface area (Å²) in [6.45, 7) is 0. The minimum atomic E-state index is 1.06. The van der Waals surface area contributed by atoms with Crippen molar-refractivity contribution < 1.29 is 0 Å². The van der Waals surface area contributed by atoms with Crippen molar-refractivity contribution in [1.82, 2.24) is 0 Å². The minimum absolute atomic E-state index is 1.06. The van der Waals surface area contributed by atoms with Crippen LogP contribution in [-0.2, 0) is 0 Å². The van der Waals surface area contributed by atoms with E-state index in [1.807, 2.05) is 36.4 Å². The van der Waals surface area contributed by atoms with Crippen molar-refractivity contribution >= 4 is 40.7 Å². The predicted molar refractivity (Wildman–Crippen MR) is 106 cm³/mol. The molecular weight excluding hydrogens is 422 g/mol. The van der Waals surface area contributed by atoms with Crippen LogP contribution in [0.4, 0.5) is 0 Å². The van der Waals surface area contributed by atoms with Crippen LogP contribution in [0.5, 0.6) is 0 Å². The molecule has 120 valence electrons. The zero-order valence-electron chi connectivity index (χ0n) is 13.4. The second kappa shape index (κ2) is 7.72. The molecule has 2 fully saturated rings. The maximum absolute atomic E-state index is 2.49. The first kappa shape index (κ1) is 16.2. The van der Waals surface area contributed by atoms with Crippen LogP contribution in [-0.4, -0.2) is 29.9 Å². The molecule has 2 heteroatoms. The maximum atomic E-state index is 2.49. The van der Waals surface area contributed by atoms with E-state index in [0.717, 1.165) is 39.5 Å². The number of allylic oxidation sites excluding steroid dienone is 2. The first-order chi connectivity index (χ1) is 11.9. The molecule has 1 aliphatic carbocycles. The molecule has 0 N–H and O–H groups in total. The summed E-state index contributed by atoms with van der Waals surface area (Å²) >= 11 is 2.13. The van der Waals surface area contributed by atoms with E-state index in [1.165, 1.54) is 20.4 Å². The molecule has 4 unspecified atom stereocenters. The van der Waals surface area contributed by atoms with Crippen LogP contribution in [0.15, 0.2) is 97.1 Å². The first-order valence-corrected chi connectivity index (χ1v) is 12.3. The molecule has 2 heterocycles. The average molecular weight is 442 g/mol. The molecule has 0 radical (unpaired) electrons. The monoisotopic (exact) mass is 444 g/mol. The zero-order chi connectivity index (χ0) is 16.2. The quantitative estimate of drug-likeness (QED) is 0.311. The molecular formula is C22H20Se2. The smallest absolute Gasteiger partial charge is 0.0184 e. The normalized spacial score (nSPS) is 27.5. The number of benzene rings is 3. The van der Waals surface area contributed by atoms with E-state index in [0.29, 0.717) is 0 Å². The Morgan fingerprint density at radius 2 is 0.792 bits per heavy atom. The summed E-state index contributed by atoms with van der Waals surface area (Å²) in [5.41, 5.74) is 0. The van der Waals surface area contributed by atoms with E-state index in [-0.39, 0.29) is 0 Å². The van der Waals surface area contributed by atoms with Gasteiger partial charge in [0.2, 0.25) is 0 Å². The van der Waals surface area contributed by atoms with E-state index in [4.69, 9.17) is 0 Å². The topological polar surface area (TPSA) is 0 Å². The fourth-order valence-electron chi connectivity index (χ4n) is 2.85. The van der Waals surface area contributed by atoms with Gasteiger partial charge in [0.25, 0.3) is 0 Å². The van der Waals surface area contributed by atoms with Gasteiger partial charge in [-0.2, -0.15) is 0 Å². The second-order valence-corrected chi connectivity index (χ2v) is 11.7. The average Bonchev–Trinajstić information content (AvgIpc) is 3.56. The maximum Gasteiger partial charge on any atom is -0.0184 e. The Kier molecular flexibility index (Phi) is 5.21. The Balaban J connectivity index is 0.0000000942. The first-order valence-electron chi connectivity index (χ1n) is 8.35. The molecule has 3 aliphatic rings. The van der Waals surface area contributed by atoms with Crippen LogP contribution >= 0.6 is 0 Å². The van der Waals surface area contributed by atoms with Gasteiger partial charge in [-0.25, -0.2) is 0 Å². The van der Waals surface area contributed by atoms with E-state index in [1.54, 1.807) is 0 Å². The number of hydrogen-bond acceptors (Lipinski definition) is 0. The standard InChI is InChI=1S/C10H8.C6H6Se2.C6H6/c1-2-6-10-8-4-3-7-9(10)5-1;1-2-4-6(8-4)5-3(1)7-5;1-2-4-6-5-3-1/h1-8H;1-6H;1-6H. The number of rotatable bonds is 0. The van der Waals surface area contributed by atoms with E-state index < -0.39 is 0 Å². The number of hydrogen-bond donors (Lipinski definition) is 0. The molecule has 4 atom stereocenters. The summed E-state index contributed by atoms with van der Waals surface area (Å²) in [6, 6.07) is 28.7. The molecule has 3 aromatic carbocycles. The van der Waals surface area contributed by atoms with Crippen molar-refractivity contribution in [3.05, 3.63) is 97.1 Å². The predicted octanol–water partition coefficient (Wildman–Crippen LogP) is 5.67. The van der Waals surface area contributed by atoms with Gasteiger partial charge in [-0.05, 0) is 10.8 Å². The van der Waals surface area contributed by atoms with Crippen LogP contribution in [0.3, 0.4) is 0 Å². The van der Waals surface area contributed by atoms with E-state index in [2.05, 4.69) is 60.7 Å². The summed E-state index contributed by atoms with van der Waals surface area (Å²) in [4.78, 5) is 4.73. The van der Waals surface area contributed by atoms with Crippen molar-refractivity contribution in [3.63, 3.8) is 0 Å². The van der Waals surface area contributed by atoms with Crippen molar-refractivity contribution in [2.24, 2.45) is 0 Å². The Morgan fingerprint density at radius 1 is 0.458 bits per heavy atom. The van der Waals surface area contributed by atoms with E-state index >= 15 is 0 Å². The fraction of sp³-hybridized carbons (Fsp3) is 0.182. The molecule has 6 rings (SSSR count). The molecule has 0 bridgehead atoms. The summed E-state index contributed by atoms with van der Waals surface area (Å²) in [5, 5.41) is 2.62. The van der Waals surface area contributed by atoms with Gasteiger partial charge >= 0.3 is 61.3 Å². The molecule has 2 aliphatic heterocycles. The zero-order valence-corrected chi connectivity index (χ0v) is 16.8. The third kappa shape index (κ3) is 4.21. The molecule has 0 nitrogen and oxygen atoms in total. The second-order valence-electron chi connectivity index (χ2n) is 6.02. The third-order valence-electron chi connectivity index (χ3n) is 4.26. The van der Waals surface area contributed by atoms with Crippen LogP contribution in [0, 0.1) is 0 Å². The largest absolute Gasteiger partial charge is 0.0623 e. The van der Waals surface area contributed by atoms with Crippen molar-refractivity contribution in [2.45, 2.75) is 19.3 Å². The Bertz CT molecular complexity index is 702. The van der Waals surface area contributed by atoms with Gasteiger partial charge in [0.1, 0.15) is 0 Å². The molecule has 0 saturated carbocycles. The van der Waals surface area contributed by atoms with Crippen LogP contribution in [0.1, 0.15) is 0 Å². The summed E-state index contributed by atoms with van der Waals surface area (Å²) < 4.78 is 0. The molecule has 0 amide bonds. The summed E-state index contributed by atoms with van der Waals surface area (Å²) in [5.74, 6) is 0. The molecule has 2 saturated heterocycles. The Labute approximate surface area is 156 Å². The van der Waals surface area contributed by atoms with Gasteiger partial charge in [0.05, 0.1) is 0 Å². The van der Waals surface area contributed by atoms with Crippen LogP contribution in [0.2, 0.25) is 19.3 Å². The number of fused-ring (bicyclic) bond motifs is 4. The van der Waals surface area contributed by atoms with Crippen LogP contribution < -0.4 is 0 Å². The van der Waals surface area contributed by atoms with Gasteiger partial charge in [-0.15, -0.1) is 0 Å². The summed E-state index contributed by atoms with van der Waals surface area (Å²) in [6.07, 6.45) is 4.97. The Hall–Kier alpha value is -1.30. The van der Waals surface area contributed by atoms with Crippen molar-refractivity contribution in [3.8, 4) is 0 Å². The fourth-order valence-corrected chi connectivity index (χ4v) is 9.61. The van der Waals surface area contributed by atoms with E-state index in [9.17, 15) is 0 Å². The summed E-state index contributed by atoms with van der Waals surface area (Å²) in [7, 11) is 0. The molecule has 0 aromatic heterocycles. The third-order valence-corrected chi connectivity index (χ3v) is 10.8.